The third-order valence-corrected chi connectivity index (χ3v) is 6.28. The molecule has 5 nitrogen and oxygen atoms in total. The molecular formula is C21H20N4OS2. The van der Waals surface area contributed by atoms with Crippen LogP contribution in [0.2, 0.25) is 0 Å². The van der Waals surface area contributed by atoms with E-state index in [2.05, 4.69) is 27.4 Å². The van der Waals surface area contributed by atoms with Crippen LogP contribution in [0.5, 0.6) is 0 Å². The molecule has 1 aromatic carbocycles. The van der Waals surface area contributed by atoms with Gasteiger partial charge in [0, 0.05) is 28.2 Å². The molecule has 28 heavy (non-hydrogen) atoms. The van der Waals surface area contributed by atoms with Gasteiger partial charge in [0.25, 0.3) is 5.91 Å². The number of hydrogen-bond donors (Lipinski definition) is 2. The Morgan fingerprint density at radius 1 is 1.18 bits per heavy atom. The van der Waals surface area contributed by atoms with Crippen LogP contribution in [0.4, 0.5) is 10.8 Å². The zero-order valence-corrected chi connectivity index (χ0v) is 17.0. The molecule has 0 saturated carbocycles. The monoisotopic (exact) mass is 408 g/mol. The molecule has 3 N–H and O–H groups in total. The molecule has 0 spiro atoms. The molecule has 1 amide bonds. The molecule has 0 aliphatic carbocycles. The molecule has 0 saturated heterocycles. The van der Waals surface area contributed by atoms with Crippen molar-refractivity contribution in [3.63, 3.8) is 0 Å². The summed E-state index contributed by atoms with van der Waals surface area (Å²) >= 11 is 3.28. The smallest absolute Gasteiger partial charge is 0.250 e. The first-order chi connectivity index (χ1) is 13.6. The summed E-state index contributed by atoms with van der Waals surface area (Å²) in [6.07, 6.45) is 0.900. The number of nitrogens with two attached hydrogens (primary N) is 1. The van der Waals surface area contributed by atoms with Crippen molar-refractivity contribution in [1.29, 1.82) is 0 Å². The van der Waals surface area contributed by atoms with Crippen LogP contribution in [0.25, 0.3) is 11.4 Å². The Morgan fingerprint density at radius 3 is 2.71 bits per heavy atom. The maximum Gasteiger partial charge on any atom is 0.250 e. The highest BCUT2D eigenvalue weighted by Gasteiger charge is 2.18. The van der Waals surface area contributed by atoms with Crippen LogP contribution in [0.1, 0.15) is 20.9 Å². The number of nitrogens with one attached hydrogen (secondary N) is 1. The standard InChI is InChI=1S/C21H20N4OS2/c1-14-17(20(22)26)12-19(25(14)10-9-16-8-5-11-27-16)18-13-28-21(24-18)23-15-6-3-2-4-7-15/h2-8,11-13H,9-10H2,1H3,(H2,22,26)(H,23,24). The number of aryl methyl sites for hydroxylation is 1. The normalized spacial score (nSPS) is 10.9. The Balaban J connectivity index is 1.64. The van der Waals surface area contributed by atoms with E-state index in [0.717, 1.165) is 40.9 Å². The summed E-state index contributed by atoms with van der Waals surface area (Å²) in [5.74, 6) is -0.411. The van der Waals surface area contributed by atoms with Crippen molar-refractivity contribution in [1.82, 2.24) is 9.55 Å². The third kappa shape index (κ3) is 3.85. The van der Waals surface area contributed by atoms with E-state index >= 15 is 0 Å². The SMILES string of the molecule is Cc1c(C(N)=O)cc(-c2csc(Nc3ccccc3)n2)n1CCc1cccs1. The van der Waals surface area contributed by atoms with Crippen molar-refractivity contribution in [2.45, 2.75) is 19.9 Å². The number of amides is 1. The Bertz CT molecular complexity index is 1080. The molecule has 4 rings (SSSR count). The summed E-state index contributed by atoms with van der Waals surface area (Å²) in [5, 5.41) is 8.22. The van der Waals surface area contributed by atoms with Gasteiger partial charge in [-0.15, -0.1) is 22.7 Å². The van der Waals surface area contributed by atoms with Gasteiger partial charge < -0.3 is 15.6 Å². The van der Waals surface area contributed by atoms with Gasteiger partial charge in [-0.25, -0.2) is 4.98 Å². The van der Waals surface area contributed by atoms with Crippen LogP contribution in [0, 0.1) is 6.92 Å². The van der Waals surface area contributed by atoms with Crippen LogP contribution in [0.15, 0.2) is 59.3 Å². The summed E-state index contributed by atoms with van der Waals surface area (Å²) < 4.78 is 2.14. The number of thiophene rings is 1. The van der Waals surface area contributed by atoms with Crippen molar-refractivity contribution in [2.24, 2.45) is 5.73 Å². The number of carbonyl (C=O) groups excluding carboxylic acids is 1. The van der Waals surface area contributed by atoms with E-state index in [9.17, 15) is 4.79 Å². The van der Waals surface area contributed by atoms with Gasteiger partial charge in [-0.05, 0) is 43.0 Å². The molecule has 0 aliphatic rings. The lowest BCUT2D eigenvalue weighted by Gasteiger charge is -2.10. The number of carbonyl (C=O) groups is 1. The lowest BCUT2D eigenvalue weighted by molar-refractivity contribution is 0.0999. The van der Waals surface area contributed by atoms with E-state index in [1.807, 2.05) is 48.7 Å². The number of anilines is 2. The van der Waals surface area contributed by atoms with Crippen molar-refractivity contribution in [3.05, 3.63) is 75.4 Å². The van der Waals surface area contributed by atoms with Gasteiger partial charge in [0.15, 0.2) is 5.13 Å². The quantitative estimate of drug-likeness (QED) is 0.448. The third-order valence-electron chi connectivity index (χ3n) is 4.59. The van der Waals surface area contributed by atoms with Gasteiger partial charge >= 0.3 is 0 Å². The summed E-state index contributed by atoms with van der Waals surface area (Å²) in [4.78, 5) is 17.9. The summed E-state index contributed by atoms with van der Waals surface area (Å²) in [6, 6.07) is 16.0. The largest absolute Gasteiger partial charge is 0.366 e. The second kappa shape index (κ2) is 8.00. The maximum atomic E-state index is 11.9. The molecule has 3 aromatic heterocycles. The second-order valence-electron chi connectivity index (χ2n) is 6.40. The van der Waals surface area contributed by atoms with Crippen LogP contribution in [-0.4, -0.2) is 15.5 Å². The Labute approximate surface area is 171 Å². The van der Waals surface area contributed by atoms with E-state index in [0.29, 0.717) is 5.56 Å². The van der Waals surface area contributed by atoms with Gasteiger partial charge in [-0.2, -0.15) is 0 Å². The summed E-state index contributed by atoms with van der Waals surface area (Å²) in [7, 11) is 0. The predicted octanol–water partition coefficient (Wildman–Crippen LogP) is 5.07. The minimum Gasteiger partial charge on any atom is -0.366 e. The molecule has 0 radical (unpaired) electrons. The molecule has 7 heteroatoms. The lowest BCUT2D eigenvalue weighted by atomic mass is 10.2. The van der Waals surface area contributed by atoms with Gasteiger partial charge in [-0.1, -0.05) is 24.3 Å². The van der Waals surface area contributed by atoms with E-state index in [1.165, 1.54) is 16.2 Å². The second-order valence-corrected chi connectivity index (χ2v) is 8.29. The van der Waals surface area contributed by atoms with Gasteiger partial charge in [0.2, 0.25) is 0 Å². The van der Waals surface area contributed by atoms with Crippen LogP contribution in [0.3, 0.4) is 0 Å². The van der Waals surface area contributed by atoms with Crippen LogP contribution >= 0.6 is 22.7 Å². The number of rotatable bonds is 7. The molecule has 0 unspecified atom stereocenters. The lowest BCUT2D eigenvalue weighted by Crippen LogP contribution is -2.13. The fraction of sp³-hybridized carbons (Fsp3) is 0.143. The topological polar surface area (TPSA) is 72.9 Å². The average Bonchev–Trinajstić information content (AvgIpc) is 3.41. The fourth-order valence-corrected chi connectivity index (χ4v) is 4.59. The van der Waals surface area contributed by atoms with Gasteiger partial charge in [-0.3, -0.25) is 4.79 Å². The van der Waals surface area contributed by atoms with E-state index in [4.69, 9.17) is 10.7 Å². The fourth-order valence-electron chi connectivity index (χ4n) is 3.17. The minimum absolute atomic E-state index is 0.411. The number of hydrogen-bond acceptors (Lipinski definition) is 5. The van der Waals surface area contributed by atoms with Gasteiger partial charge in [0.05, 0.1) is 17.0 Å². The van der Waals surface area contributed by atoms with E-state index in [1.54, 1.807) is 11.3 Å². The molecule has 0 bridgehead atoms. The van der Waals surface area contributed by atoms with Crippen LogP contribution < -0.4 is 11.1 Å². The zero-order chi connectivity index (χ0) is 19.5. The number of thiazole rings is 1. The first-order valence-electron chi connectivity index (χ1n) is 8.92. The first-order valence-corrected chi connectivity index (χ1v) is 10.7. The van der Waals surface area contributed by atoms with Crippen molar-refractivity contribution in [2.75, 3.05) is 5.32 Å². The van der Waals surface area contributed by atoms with E-state index < -0.39 is 5.91 Å². The Hall–Kier alpha value is -2.90. The molecule has 4 aromatic rings. The highest BCUT2D eigenvalue weighted by Crippen LogP contribution is 2.30. The van der Waals surface area contributed by atoms with E-state index in [-0.39, 0.29) is 0 Å². The molecule has 3 heterocycles. The number of nitrogens with zero attached hydrogens (tertiary/aromatic N) is 2. The summed E-state index contributed by atoms with van der Waals surface area (Å²) in [5.41, 5.74) is 9.77. The molecular weight excluding hydrogens is 388 g/mol. The molecule has 142 valence electrons. The molecule has 0 aliphatic heterocycles. The number of benzene rings is 1. The predicted molar refractivity (Wildman–Crippen MR) is 117 cm³/mol. The number of aromatic nitrogens is 2. The zero-order valence-electron chi connectivity index (χ0n) is 15.4. The molecule has 0 atom stereocenters. The van der Waals surface area contributed by atoms with Crippen molar-refractivity contribution in [3.8, 4) is 11.4 Å². The molecule has 0 fully saturated rings. The maximum absolute atomic E-state index is 11.9. The van der Waals surface area contributed by atoms with Crippen LogP contribution in [-0.2, 0) is 13.0 Å². The first kappa shape index (κ1) is 18.5. The Kier molecular flexibility index (Phi) is 5.27. The van der Waals surface area contributed by atoms with Crippen molar-refractivity contribution >= 4 is 39.4 Å². The van der Waals surface area contributed by atoms with Crippen molar-refractivity contribution < 1.29 is 4.79 Å². The Morgan fingerprint density at radius 2 is 2.00 bits per heavy atom. The average molecular weight is 409 g/mol. The highest BCUT2D eigenvalue weighted by molar-refractivity contribution is 7.14. The summed E-state index contributed by atoms with van der Waals surface area (Å²) in [6.45, 7) is 2.71. The van der Waals surface area contributed by atoms with Gasteiger partial charge in [0.1, 0.15) is 0 Å². The number of primary amides is 1. The minimum atomic E-state index is -0.411. The highest BCUT2D eigenvalue weighted by atomic mass is 32.1. The number of para-hydroxylation sites is 1.